The second-order valence-corrected chi connectivity index (χ2v) is 7.45. The lowest BCUT2D eigenvalue weighted by molar-refractivity contribution is -0.120. The van der Waals surface area contributed by atoms with E-state index in [9.17, 15) is 9.59 Å². The molecule has 130 valence electrons. The molecule has 2 heterocycles. The number of amides is 1. The van der Waals surface area contributed by atoms with Gasteiger partial charge < -0.3 is 15.4 Å². The Balaban J connectivity index is 0.00000264. The number of hydrogen-bond donors (Lipinski definition) is 2. The average molecular weight is 362 g/mol. The number of piperidine rings is 1. The quantitative estimate of drug-likeness (QED) is 0.809. The van der Waals surface area contributed by atoms with E-state index in [0.717, 1.165) is 25.9 Å². The number of ether oxygens (including phenoxy) is 1. The Morgan fingerprint density at radius 1 is 1.30 bits per heavy atom. The van der Waals surface area contributed by atoms with Gasteiger partial charge in [-0.25, -0.2) is 9.78 Å². The summed E-state index contributed by atoms with van der Waals surface area (Å²) in [4.78, 5) is 29.1. The summed E-state index contributed by atoms with van der Waals surface area (Å²) < 4.78 is 4.82. The van der Waals surface area contributed by atoms with Gasteiger partial charge in [0.05, 0.1) is 12.8 Å². The zero-order chi connectivity index (χ0) is 16.3. The first-order valence-electron chi connectivity index (χ1n) is 7.44. The number of carbonyl (C=O) groups excluding carboxylic acids is 2. The molecule has 2 rings (SSSR count). The number of nitrogens with one attached hydrogen (secondary N) is 2. The lowest BCUT2D eigenvalue weighted by atomic mass is 9.91. The van der Waals surface area contributed by atoms with Crippen molar-refractivity contribution in [3.63, 3.8) is 0 Å². The number of methoxy groups -OCH3 is 1. The maximum Gasteiger partial charge on any atom is 0.350 e. The number of rotatable bonds is 3. The molecule has 1 aromatic rings. The molecule has 0 aliphatic carbocycles. The first-order valence-corrected chi connectivity index (χ1v) is 8.25. The topological polar surface area (TPSA) is 80.3 Å². The molecule has 2 N–H and O–H groups in total. The summed E-state index contributed by atoms with van der Waals surface area (Å²) in [6, 6.07) is 0. The molecule has 23 heavy (non-hydrogen) atoms. The molecule has 1 saturated heterocycles. The summed E-state index contributed by atoms with van der Waals surface area (Å²) in [7, 11) is 1.35. The minimum atomic E-state index is -0.412. The van der Waals surface area contributed by atoms with Crippen LogP contribution in [-0.4, -0.2) is 37.1 Å². The number of thiazole rings is 1. The predicted molar refractivity (Wildman–Crippen MR) is 93.6 cm³/mol. The van der Waals surface area contributed by atoms with Crippen molar-refractivity contribution in [2.24, 2.45) is 5.92 Å². The zero-order valence-corrected chi connectivity index (χ0v) is 15.5. The van der Waals surface area contributed by atoms with Crippen LogP contribution in [0.3, 0.4) is 0 Å². The highest BCUT2D eigenvalue weighted by Crippen LogP contribution is 2.33. The summed E-state index contributed by atoms with van der Waals surface area (Å²) in [5.74, 6) is -0.429. The normalized spacial score (nSPS) is 15.7. The van der Waals surface area contributed by atoms with Gasteiger partial charge in [-0.1, -0.05) is 32.1 Å². The Hall–Kier alpha value is -1.18. The fourth-order valence-electron chi connectivity index (χ4n) is 2.40. The van der Waals surface area contributed by atoms with Crippen molar-refractivity contribution in [2.45, 2.75) is 39.0 Å². The van der Waals surface area contributed by atoms with Gasteiger partial charge in [0.1, 0.15) is 4.88 Å². The van der Waals surface area contributed by atoms with Crippen LogP contribution in [0.1, 0.15) is 49.0 Å². The van der Waals surface area contributed by atoms with Crippen molar-refractivity contribution in [1.29, 1.82) is 0 Å². The molecule has 0 radical (unpaired) electrons. The number of esters is 1. The van der Waals surface area contributed by atoms with Crippen LogP contribution in [0, 0.1) is 5.92 Å². The molecule has 0 bridgehead atoms. The molecule has 1 aliphatic rings. The van der Waals surface area contributed by atoms with Gasteiger partial charge >= 0.3 is 5.97 Å². The third kappa shape index (κ3) is 4.89. The van der Waals surface area contributed by atoms with Crippen LogP contribution < -0.4 is 10.6 Å². The maximum absolute atomic E-state index is 12.3. The smallest absolute Gasteiger partial charge is 0.350 e. The molecule has 1 aromatic heterocycles. The number of carbonyl (C=O) groups is 2. The van der Waals surface area contributed by atoms with Gasteiger partial charge in [0.25, 0.3) is 0 Å². The molecular formula is C15H24ClN3O3S. The number of hydrogen-bond acceptors (Lipinski definition) is 6. The molecule has 0 aromatic carbocycles. The molecule has 0 saturated carbocycles. The molecule has 0 atom stereocenters. The van der Waals surface area contributed by atoms with E-state index in [0.29, 0.717) is 15.7 Å². The molecular weight excluding hydrogens is 338 g/mol. The monoisotopic (exact) mass is 361 g/mol. The SMILES string of the molecule is COC(=O)c1sc(NC(=O)C2CCNCC2)nc1C(C)(C)C.Cl. The Labute approximate surface area is 146 Å². The zero-order valence-electron chi connectivity index (χ0n) is 13.9. The number of anilines is 1. The lowest BCUT2D eigenvalue weighted by Gasteiger charge is -2.21. The Morgan fingerprint density at radius 2 is 1.91 bits per heavy atom. The summed E-state index contributed by atoms with van der Waals surface area (Å²) in [6.07, 6.45) is 1.65. The van der Waals surface area contributed by atoms with E-state index in [2.05, 4.69) is 15.6 Å². The minimum Gasteiger partial charge on any atom is -0.465 e. The second kappa shape index (κ2) is 8.08. The third-order valence-electron chi connectivity index (χ3n) is 3.65. The Morgan fingerprint density at radius 3 is 2.43 bits per heavy atom. The van der Waals surface area contributed by atoms with Gasteiger partial charge in [0, 0.05) is 11.3 Å². The first kappa shape index (κ1) is 19.9. The highest BCUT2D eigenvalue weighted by Gasteiger charge is 2.29. The van der Waals surface area contributed by atoms with Gasteiger partial charge in [-0.3, -0.25) is 4.79 Å². The standard InChI is InChI=1S/C15H23N3O3S.ClH/c1-15(2,3)11-10(13(20)21-4)22-14(17-11)18-12(19)9-5-7-16-8-6-9;/h9,16H,5-8H2,1-4H3,(H,17,18,19);1H. The van der Waals surface area contributed by atoms with E-state index < -0.39 is 5.97 Å². The molecule has 1 aliphatic heterocycles. The van der Waals surface area contributed by atoms with E-state index in [1.165, 1.54) is 18.4 Å². The van der Waals surface area contributed by atoms with Crippen molar-refractivity contribution in [2.75, 3.05) is 25.5 Å². The van der Waals surface area contributed by atoms with Gasteiger partial charge in [0.2, 0.25) is 5.91 Å². The second-order valence-electron chi connectivity index (χ2n) is 6.45. The van der Waals surface area contributed by atoms with E-state index in [-0.39, 0.29) is 29.6 Å². The lowest BCUT2D eigenvalue weighted by Crippen LogP contribution is -2.34. The summed E-state index contributed by atoms with van der Waals surface area (Å²) in [5, 5.41) is 6.56. The van der Waals surface area contributed by atoms with E-state index in [1.807, 2.05) is 20.8 Å². The summed E-state index contributed by atoms with van der Waals surface area (Å²) >= 11 is 1.18. The average Bonchev–Trinajstić information content (AvgIpc) is 2.91. The van der Waals surface area contributed by atoms with Gasteiger partial charge in [-0.05, 0) is 25.9 Å². The largest absolute Gasteiger partial charge is 0.465 e. The summed E-state index contributed by atoms with van der Waals surface area (Å²) in [5.41, 5.74) is 0.363. The number of aromatic nitrogens is 1. The molecule has 6 nitrogen and oxygen atoms in total. The van der Waals surface area contributed by atoms with Gasteiger partial charge in [0.15, 0.2) is 5.13 Å². The molecule has 0 unspecified atom stereocenters. The van der Waals surface area contributed by atoms with Crippen molar-refractivity contribution in [3.8, 4) is 0 Å². The Bertz CT molecular complexity index is 563. The van der Waals surface area contributed by atoms with Crippen LogP contribution in [0.4, 0.5) is 5.13 Å². The number of halogens is 1. The molecule has 1 amide bonds. The van der Waals surface area contributed by atoms with Crippen LogP contribution >= 0.6 is 23.7 Å². The van der Waals surface area contributed by atoms with Crippen LogP contribution in [0.2, 0.25) is 0 Å². The van der Waals surface area contributed by atoms with Crippen molar-refractivity contribution in [3.05, 3.63) is 10.6 Å². The van der Waals surface area contributed by atoms with Crippen molar-refractivity contribution < 1.29 is 14.3 Å². The van der Waals surface area contributed by atoms with Gasteiger partial charge in [-0.2, -0.15) is 0 Å². The first-order chi connectivity index (χ1) is 10.3. The fourth-order valence-corrected chi connectivity index (χ4v) is 3.50. The third-order valence-corrected chi connectivity index (χ3v) is 4.60. The van der Waals surface area contributed by atoms with Crippen LogP contribution in [0.15, 0.2) is 0 Å². The van der Waals surface area contributed by atoms with E-state index in [4.69, 9.17) is 4.74 Å². The van der Waals surface area contributed by atoms with Crippen molar-refractivity contribution in [1.82, 2.24) is 10.3 Å². The van der Waals surface area contributed by atoms with Crippen LogP contribution in [0.25, 0.3) is 0 Å². The van der Waals surface area contributed by atoms with Crippen LogP contribution in [-0.2, 0) is 14.9 Å². The molecule has 1 fully saturated rings. The van der Waals surface area contributed by atoms with Gasteiger partial charge in [-0.15, -0.1) is 12.4 Å². The Kier molecular flexibility index (Phi) is 6.98. The minimum absolute atomic E-state index is 0. The van der Waals surface area contributed by atoms with E-state index in [1.54, 1.807) is 0 Å². The molecule has 8 heteroatoms. The van der Waals surface area contributed by atoms with E-state index >= 15 is 0 Å². The number of nitrogens with zero attached hydrogens (tertiary/aromatic N) is 1. The summed E-state index contributed by atoms with van der Waals surface area (Å²) in [6.45, 7) is 7.65. The highest BCUT2D eigenvalue weighted by atomic mass is 35.5. The highest BCUT2D eigenvalue weighted by molar-refractivity contribution is 7.17. The predicted octanol–water partition coefficient (Wildman–Crippen LogP) is 2.59. The fraction of sp³-hybridized carbons (Fsp3) is 0.667. The molecule has 0 spiro atoms. The van der Waals surface area contributed by atoms with Crippen molar-refractivity contribution >= 4 is 40.8 Å². The van der Waals surface area contributed by atoms with Crippen LogP contribution in [0.5, 0.6) is 0 Å². The maximum atomic E-state index is 12.3.